The molecule has 3 rings (SSSR count). The van der Waals surface area contributed by atoms with Gasteiger partial charge in [0.15, 0.2) is 5.78 Å². The molecule has 6 nitrogen and oxygen atoms in total. The van der Waals surface area contributed by atoms with Gasteiger partial charge in [0.1, 0.15) is 0 Å². The summed E-state index contributed by atoms with van der Waals surface area (Å²) in [6, 6.07) is 12.1. The van der Waals surface area contributed by atoms with Gasteiger partial charge in [-0.15, -0.1) is 0 Å². The van der Waals surface area contributed by atoms with Crippen LogP contribution in [0.15, 0.2) is 42.5 Å². The van der Waals surface area contributed by atoms with Crippen LogP contribution < -0.4 is 0 Å². The van der Waals surface area contributed by atoms with Gasteiger partial charge in [-0.25, -0.2) is 0 Å². The summed E-state index contributed by atoms with van der Waals surface area (Å²) < 4.78 is 10.8. The average Bonchev–Trinajstić information content (AvgIpc) is 2.69. The number of hydrogen-bond acceptors (Lipinski definition) is 5. The van der Waals surface area contributed by atoms with Crippen LogP contribution in [0.4, 0.5) is 5.69 Å². The summed E-state index contributed by atoms with van der Waals surface area (Å²) in [5, 5.41) is 10.8. The molecule has 0 radical (unpaired) electrons. The average molecular weight is 357 g/mol. The maximum Gasteiger partial charge on any atom is 0.269 e. The highest BCUT2D eigenvalue weighted by atomic mass is 16.7. The molecule has 0 fully saturated rings. The van der Waals surface area contributed by atoms with Gasteiger partial charge in [-0.2, -0.15) is 0 Å². The van der Waals surface area contributed by atoms with Crippen LogP contribution in [0.5, 0.6) is 0 Å². The van der Waals surface area contributed by atoms with Crippen molar-refractivity contribution >= 4 is 11.5 Å². The van der Waals surface area contributed by atoms with Crippen LogP contribution >= 0.6 is 0 Å². The SMILES string of the molecule is CC.COC1(OC)C(=O)CCc2cc(-c3ccc([N+](=O)[O-])cc3)ccc21. The first kappa shape index (κ1) is 19.8. The molecule has 0 saturated carbocycles. The summed E-state index contributed by atoms with van der Waals surface area (Å²) in [6.45, 7) is 4.00. The molecule has 0 N–H and O–H groups in total. The summed E-state index contributed by atoms with van der Waals surface area (Å²) in [6.07, 6.45) is 0.960. The van der Waals surface area contributed by atoms with Crippen molar-refractivity contribution in [3.63, 3.8) is 0 Å². The number of nitro benzene ring substituents is 1. The molecule has 0 saturated heterocycles. The Morgan fingerprint density at radius 3 is 2.08 bits per heavy atom. The maximum absolute atomic E-state index is 12.3. The molecule has 2 aromatic rings. The number of hydrogen-bond donors (Lipinski definition) is 0. The lowest BCUT2D eigenvalue weighted by molar-refractivity contribution is -0.384. The van der Waals surface area contributed by atoms with Gasteiger partial charge >= 0.3 is 0 Å². The van der Waals surface area contributed by atoms with E-state index in [-0.39, 0.29) is 11.5 Å². The molecule has 0 unspecified atom stereocenters. The summed E-state index contributed by atoms with van der Waals surface area (Å²) in [5.74, 6) is -1.44. The topological polar surface area (TPSA) is 78.7 Å². The molecule has 0 heterocycles. The Morgan fingerprint density at radius 2 is 1.54 bits per heavy atom. The summed E-state index contributed by atoms with van der Waals surface area (Å²) in [5.41, 5.74) is 3.56. The predicted molar refractivity (Wildman–Crippen MR) is 98.9 cm³/mol. The van der Waals surface area contributed by atoms with Gasteiger partial charge in [-0.1, -0.05) is 32.0 Å². The van der Waals surface area contributed by atoms with Crippen molar-refractivity contribution in [2.75, 3.05) is 14.2 Å². The van der Waals surface area contributed by atoms with Crippen LogP contribution in [0.3, 0.4) is 0 Å². The van der Waals surface area contributed by atoms with Gasteiger partial charge in [-0.05, 0) is 35.2 Å². The normalized spacial score (nSPS) is 14.8. The number of rotatable bonds is 4. The molecule has 1 aliphatic rings. The van der Waals surface area contributed by atoms with Crippen LogP contribution in [0, 0.1) is 10.1 Å². The highest BCUT2D eigenvalue weighted by molar-refractivity contribution is 5.90. The molecule has 0 atom stereocenters. The van der Waals surface area contributed by atoms with Crippen molar-refractivity contribution in [3.05, 3.63) is 63.7 Å². The number of nitro groups is 1. The molecule has 138 valence electrons. The Bertz CT molecular complexity index is 794. The maximum atomic E-state index is 12.3. The number of methoxy groups -OCH3 is 2. The van der Waals surface area contributed by atoms with Crippen molar-refractivity contribution < 1.29 is 19.2 Å². The van der Waals surface area contributed by atoms with E-state index < -0.39 is 10.7 Å². The zero-order valence-electron chi connectivity index (χ0n) is 15.4. The molecule has 1 aliphatic carbocycles. The number of aryl methyl sites for hydroxylation is 1. The predicted octanol–water partition coefficient (Wildman–Crippen LogP) is 4.25. The van der Waals surface area contributed by atoms with Crippen LogP contribution in [0.2, 0.25) is 0 Å². The number of carbonyl (C=O) groups is 1. The van der Waals surface area contributed by atoms with E-state index in [4.69, 9.17) is 9.47 Å². The number of Topliss-reactive ketones (excluding diaryl/α,β-unsaturated/α-hetero) is 1. The largest absolute Gasteiger partial charge is 0.343 e. The number of carbonyl (C=O) groups excluding carboxylic acids is 1. The third-order valence-electron chi connectivity index (χ3n) is 4.43. The number of benzene rings is 2. The zero-order chi connectivity index (χ0) is 19.3. The van der Waals surface area contributed by atoms with Crippen molar-refractivity contribution in [3.8, 4) is 11.1 Å². The number of fused-ring (bicyclic) bond motifs is 1. The van der Waals surface area contributed by atoms with Crippen LogP contribution in [-0.2, 0) is 26.5 Å². The van der Waals surface area contributed by atoms with Crippen LogP contribution in [-0.4, -0.2) is 24.9 Å². The monoisotopic (exact) mass is 357 g/mol. The molecule has 6 heteroatoms. The molecule has 0 amide bonds. The van der Waals surface area contributed by atoms with E-state index in [0.29, 0.717) is 12.8 Å². The lowest BCUT2D eigenvalue weighted by Crippen LogP contribution is -2.43. The van der Waals surface area contributed by atoms with E-state index >= 15 is 0 Å². The fourth-order valence-corrected chi connectivity index (χ4v) is 3.17. The highest BCUT2D eigenvalue weighted by Crippen LogP contribution is 2.38. The summed E-state index contributed by atoms with van der Waals surface area (Å²) in [7, 11) is 2.92. The molecule has 26 heavy (non-hydrogen) atoms. The second-order valence-electron chi connectivity index (χ2n) is 5.62. The summed E-state index contributed by atoms with van der Waals surface area (Å²) >= 11 is 0. The van der Waals surface area contributed by atoms with Crippen LogP contribution in [0.1, 0.15) is 31.4 Å². The molecule has 0 spiro atoms. The first-order valence-electron chi connectivity index (χ1n) is 8.53. The Balaban J connectivity index is 0.00000117. The number of non-ortho nitro benzene ring substituents is 1. The van der Waals surface area contributed by atoms with E-state index in [1.807, 2.05) is 32.0 Å². The first-order valence-corrected chi connectivity index (χ1v) is 8.53. The lowest BCUT2D eigenvalue weighted by Gasteiger charge is -2.35. The Morgan fingerprint density at radius 1 is 0.962 bits per heavy atom. The third kappa shape index (κ3) is 3.38. The van der Waals surface area contributed by atoms with Gasteiger partial charge in [0.2, 0.25) is 0 Å². The van der Waals surface area contributed by atoms with Gasteiger partial charge < -0.3 is 9.47 Å². The number of ether oxygens (including phenoxy) is 2. The standard InChI is InChI=1S/C18H17NO5.C2H6/c1-23-18(24-2)16-9-5-13(11-14(16)6-10-17(18)20)12-3-7-15(8-4-12)19(21)22;1-2/h3-5,7-9,11H,6,10H2,1-2H3;1-2H3. The van der Waals surface area contributed by atoms with E-state index in [0.717, 1.165) is 22.3 Å². The number of ketones is 1. The van der Waals surface area contributed by atoms with Gasteiger partial charge in [0.05, 0.1) is 4.92 Å². The highest BCUT2D eigenvalue weighted by Gasteiger charge is 2.44. The zero-order valence-corrected chi connectivity index (χ0v) is 15.4. The van der Waals surface area contributed by atoms with Crippen molar-refractivity contribution in [1.82, 2.24) is 0 Å². The van der Waals surface area contributed by atoms with E-state index in [1.165, 1.54) is 26.4 Å². The molecule has 0 aliphatic heterocycles. The van der Waals surface area contributed by atoms with Gasteiger partial charge in [0, 0.05) is 38.3 Å². The lowest BCUT2D eigenvalue weighted by atomic mass is 9.83. The second-order valence-corrected chi connectivity index (χ2v) is 5.62. The van der Waals surface area contributed by atoms with Crippen molar-refractivity contribution in [2.24, 2.45) is 0 Å². The molecule has 0 bridgehead atoms. The minimum Gasteiger partial charge on any atom is -0.343 e. The van der Waals surface area contributed by atoms with E-state index in [1.54, 1.807) is 12.1 Å². The molecule has 2 aromatic carbocycles. The van der Waals surface area contributed by atoms with E-state index in [9.17, 15) is 14.9 Å². The molecular formula is C20H23NO5. The second kappa shape index (κ2) is 8.21. The smallest absolute Gasteiger partial charge is 0.269 e. The Hall–Kier alpha value is -2.57. The molecular weight excluding hydrogens is 334 g/mol. The van der Waals surface area contributed by atoms with Gasteiger partial charge in [-0.3, -0.25) is 14.9 Å². The van der Waals surface area contributed by atoms with Gasteiger partial charge in [0.25, 0.3) is 11.5 Å². The van der Waals surface area contributed by atoms with Crippen molar-refractivity contribution in [1.29, 1.82) is 0 Å². The number of nitrogens with zero attached hydrogens (tertiary/aromatic N) is 1. The third-order valence-corrected chi connectivity index (χ3v) is 4.43. The van der Waals surface area contributed by atoms with Crippen LogP contribution in [0.25, 0.3) is 11.1 Å². The minimum absolute atomic E-state index is 0.0556. The minimum atomic E-state index is -1.35. The fourth-order valence-electron chi connectivity index (χ4n) is 3.17. The fraction of sp³-hybridized carbons (Fsp3) is 0.350. The first-order chi connectivity index (χ1) is 12.5. The summed E-state index contributed by atoms with van der Waals surface area (Å²) in [4.78, 5) is 22.6. The Kier molecular flexibility index (Phi) is 6.23. The Labute approximate surface area is 152 Å². The molecule has 0 aromatic heterocycles. The quantitative estimate of drug-likeness (QED) is 0.464. The van der Waals surface area contributed by atoms with E-state index in [2.05, 4.69) is 0 Å². The van der Waals surface area contributed by atoms with Crippen molar-refractivity contribution in [2.45, 2.75) is 32.5 Å².